The molecule has 1 N–H and O–H groups in total. The van der Waals surface area contributed by atoms with Gasteiger partial charge in [0.05, 0.1) is 12.1 Å². The van der Waals surface area contributed by atoms with E-state index in [-0.39, 0.29) is 16.9 Å². The standard InChI is InChI=1S/C20H45NO5P2/c1-11-15-26-21-18(12-2,16(5)27-19(13-3,22-7)23-8)17(6)28-20(14-4,24-9)25-10/h16-17,21,27-28H,11-15H2,1-10H3. The molecule has 0 amide bonds. The number of hydroxylamine groups is 1. The van der Waals surface area contributed by atoms with Crippen LogP contribution in [0.3, 0.4) is 0 Å². The van der Waals surface area contributed by atoms with Gasteiger partial charge in [0.2, 0.25) is 0 Å². The van der Waals surface area contributed by atoms with Gasteiger partial charge in [0.1, 0.15) is 0 Å². The molecule has 0 bridgehead atoms. The second-order valence-electron chi connectivity index (χ2n) is 7.11. The van der Waals surface area contributed by atoms with E-state index in [4.69, 9.17) is 23.8 Å². The predicted molar refractivity (Wildman–Crippen MR) is 122 cm³/mol. The molecule has 170 valence electrons. The fourth-order valence-corrected chi connectivity index (χ4v) is 7.53. The van der Waals surface area contributed by atoms with E-state index in [0.717, 1.165) is 25.7 Å². The normalized spacial score (nSPS) is 18.2. The molecule has 8 heteroatoms. The Labute approximate surface area is 177 Å². The lowest BCUT2D eigenvalue weighted by Gasteiger charge is -2.48. The predicted octanol–water partition coefficient (Wildman–Crippen LogP) is 4.91. The molecule has 0 fully saturated rings. The minimum Gasteiger partial charge on any atom is -0.350 e. The highest BCUT2D eigenvalue weighted by Gasteiger charge is 2.47. The van der Waals surface area contributed by atoms with Crippen LogP contribution < -0.4 is 5.48 Å². The van der Waals surface area contributed by atoms with Gasteiger partial charge in [-0.05, 0) is 24.2 Å². The van der Waals surface area contributed by atoms with Crippen LogP contribution in [-0.2, 0) is 23.8 Å². The molecule has 0 heterocycles. The van der Waals surface area contributed by atoms with Gasteiger partial charge in [0.15, 0.2) is 11.1 Å². The zero-order valence-electron chi connectivity index (χ0n) is 19.7. The molecule has 4 unspecified atom stereocenters. The zero-order chi connectivity index (χ0) is 21.8. The Morgan fingerprint density at radius 1 is 0.714 bits per heavy atom. The Morgan fingerprint density at radius 3 is 1.36 bits per heavy atom. The summed E-state index contributed by atoms with van der Waals surface area (Å²) >= 11 is 0. The van der Waals surface area contributed by atoms with Crippen LogP contribution in [0.1, 0.15) is 67.2 Å². The third-order valence-corrected chi connectivity index (χ3v) is 10.1. The molecule has 0 aliphatic rings. The number of methoxy groups -OCH3 is 4. The number of rotatable bonds is 17. The van der Waals surface area contributed by atoms with Crippen molar-refractivity contribution < 1.29 is 23.8 Å². The largest absolute Gasteiger partial charge is 0.350 e. The molecule has 0 aromatic rings. The highest BCUT2D eigenvalue weighted by Crippen LogP contribution is 2.51. The molecule has 0 aromatic carbocycles. The molecule has 0 aliphatic heterocycles. The van der Waals surface area contributed by atoms with E-state index in [1.807, 2.05) is 0 Å². The lowest BCUT2D eigenvalue weighted by atomic mass is 9.90. The third kappa shape index (κ3) is 7.10. The first-order valence-corrected chi connectivity index (χ1v) is 12.5. The molecular formula is C20H45NO5P2. The van der Waals surface area contributed by atoms with E-state index in [2.05, 4.69) is 47.0 Å². The average Bonchev–Trinajstić information content (AvgIpc) is 2.73. The Kier molecular flexibility index (Phi) is 14.1. The van der Waals surface area contributed by atoms with Crippen LogP contribution in [0.25, 0.3) is 0 Å². The van der Waals surface area contributed by atoms with Crippen molar-refractivity contribution in [1.82, 2.24) is 5.48 Å². The van der Waals surface area contributed by atoms with Crippen LogP contribution in [0.4, 0.5) is 0 Å². The summed E-state index contributed by atoms with van der Waals surface area (Å²) in [6.07, 6.45) is 3.47. The third-order valence-electron chi connectivity index (χ3n) is 5.82. The zero-order valence-corrected chi connectivity index (χ0v) is 21.7. The quantitative estimate of drug-likeness (QED) is 0.150. The van der Waals surface area contributed by atoms with E-state index in [1.54, 1.807) is 28.4 Å². The van der Waals surface area contributed by atoms with Crippen LogP contribution in [0.2, 0.25) is 0 Å². The molecule has 6 nitrogen and oxygen atoms in total. The van der Waals surface area contributed by atoms with Crippen LogP contribution in [-0.4, -0.2) is 63.0 Å². The van der Waals surface area contributed by atoms with Crippen molar-refractivity contribution in [2.45, 2.75) is 95.1 Å². The van der Waals surface area contributed by atoms with Gasteiger partial charge >= 0.3 is 0 Å². The Balaban J connectivity index is 5.84. The number of hydrogen-bond donors (Lipinski definition) is 1. The SMILES string of the molecule is CCCONC(CC)(C(C)PC(CC)(OC)OC)C(C)PC(CC)(OC)OC. The highest BCUT2D eigenvalue weighted by atomic mass is 31.1. The number of hydrogen-bond acceptors (Lipinski definition) is 6. The first-order chi connectivity index (χ1) is 13.2. The van der Waals surface area contributed by atoms with Crippen molar-refractivity contribution >= 4 is 17.2 Å². The maximum atomic E-state index is 5.91. The summed E-state index contributed by atoms with van der Waals surface area (Å²) in [6, 6.07) is 0. The summed E-state index contributed by atoms with van der Waals surface area (Å²) in [5, 5.41) is 0. The fraction of sp³-hybridized carbons (Fsp3) is 1.00. The van der Waals surface area contributed by atoms with Crippen molar-refractivity contribution in [1.29, 1.82) is 0 Å². The van der Waals surface area contributed by atoms with Crippen LogP contribution >= 0.6 is 17.2 Å². The van der Waals surface area contributed by atoms with Gasteiger partial charge in [-0.3, -0.25) is 0 Å². The van der Waals surface area contributed by atoms with Crippen LogP contribution in [0.5, 0.6) is 0 Å². The van der Waals surface area contributed by atoms with Crippen molar-refractivity contribution in [3.8, 4) is 0 Å². The number of nitrogens with one attached hydrogen (secondary N) is 1. The Hall–Kier alpha value is 0.620. The first-order valence-electron chi connectivity index (χ1n) is 10.4. The Bertz CT molecular complexity index is 362. The highest BCUT2D eigenvalue weighted by molar-refractivity contribution is 7.41. The van der Waals surface area contributed by atoms with E-state index in [0.29, 0.717) is 23.8 Å². The summed E-state index contributed by atoms with van der Waals surface area (Å²) < 4.78 is 23.2. The molecule has 0 aliphatic carbocycles. The van der Waals surface area contributed by atoms with Gasteiger partial charge in [0.25, 0.3) is 0 Å². The topological polar surface area (TPSA) is 58.2 Å². The van der Waals surface area contributed by atoms with Crippen molar-refractivity contribution in [3.63, 3.8) is 0 Å². The summed E-state index contributed by atoms with van der Waals surface area (Å²) in [5.74, 6) is 0. The Morgan fingerprint density at radius 2 is 1.11 bits per heavy atom. The average molecular weight is 442 g/mol. The molecule has 28 heavy (non-hydrogen) atoms. The minimum atomic E-state index is -0.570. The van der Waals surface area contributed by atoms with E-state index < -0.39 is 11.1 Å². The van der Waals surface area contributed by atoms with Gasteiger partial charge in [-0.2, -0.15) is 5.48 Å². The van der Waals surface area contributed by atoms with Gasteiger partial charge in [0, 0.05) is 41.3 Å². The molecule has 0 aromatic heterocycles. The summed E-state index contributed by atoms with van der Waals surface area (Å²) in [5.41, 5.74) is 2.60. The van der Waals surface area contributed by atoms with Gasteiger partial charge in [-0.25, -0.2) is 0 Å². The molecule has 0 rings (SSSR count). The molecule has 0 saturated carbocycles. The second-order valence-corrected chi connectivity index (χ2v) is 10.9. The molecule has 4 atom stereocenters. The second kappa shape index (κ2) is 13.8. The first kappa shape index (κ1) is 28.6. The lowest BCUT2D eigenvalue weighted by Crippen LogP contribution is -2.59. The van der Waals surface area contributed by atoms with Crippen molar-refractivity contribution in [2.24, 2.45) is 0 Å². The monoisotopic (exact) mass is 441 g/mol. The maximum absolute atomic E-state index is 5.91. The molecular weight excluding hydrogens is 396 g/mol. The summed E-state index contributed by atoms with van der Waals surface area (Å²) in [4.78, 5) is 5.91. The van der Waals surface area contributed by atoms with Crippen LogP contribution in [0.15, 0.2) is 0 Å². The van der Waals surface area contributed by atoms with Crippen molar-refractivity contribution in [3.05, 3.63) is 0 Å². The number of ether oxygens (including phenoxy) is 4. The fourth-order valence-electron chi connectivity index (χ4n) is 3.62. The molecule has 0 saturated heterocycles. The van der Waals surface area contributed by atoms with Gasteiger partial charge < -0.3 is 23.8 Å². The maximum Gasteiger partial charge on any atom is 0.183 e. The van der Waals surface area contributed by atoms with Gasteiger partial charge in [-0.15, -0.1) is 0 Å². The lowest BCUT2D eigenvalue weighted by molar-refractivity contribution is -0.140. The van der Waals surface area contributed by atoms with Gasteiger partial charge in [-0.1, -0.05) is 58.7 Å². The minimum absolute atomic E-state index is 0.249. The van der Waals surface area contributed by atoms with E-state index in [9.17, 15) is 0 Å². The summed E-state index contributed by atoms with van der Waals surface area (Å²) in [6.45, 7) is 13.7. The molecule has 0 radical (unpaired) electrons. The van der Waals surface area contributed by atoms with Crippen molar-refractivity contribution in [2.75, 3.05) is 35.0 Å². The van der Waals surface area contributed by atoms with E-state index in [1.165, 1.54) is 0 Å². The smallest absolute Gasteiger partial charge is 0.183 e. The molecule has 0 spiro atoms. The van der Waals surface area contributed by atoms with E-state index >= 15 is 0 Å². The van der Waals surface area contributed by atoms with Crippen LogP contribution in [0, 0.1) is 0 Å². The summed E-state index contributed by atoms with van der Waals surface area (Å²) in [7, 11) is 7.82.